The molecule has 0 spiro atoms. The quantitative estimate of drug-likeness (QED) is 0.631. The molecule has 0 N–H and O–H groups in total. The minimum absolute atomic E-state index is 0.188. The molecular formula is C16H17N3O. The zero-order valence-corrected chi connectivity index (χ0v) is 11.5. The number of ketones is 1. The van der Waals surface area contributed by atoms with Gasteiger partial charge in [-0.3, -0.25) is 19.7 Å². The lowest BCUT2D eigenvalue weighted by molar-refractivity contribution is -0.113. The van der Waals surface area contributed by atoms with Crippen molar-refractivity contribution in [2.24, 2.45) is 9.98 Å². The van der Waals surface area contributed by atoms with Crippen molar-refractivity contribution in [1.29, 1.82) is 0 Å². The molecule has 0 aromatic carbocycles. The SMILES string of the molecule is CN1CC(=C2C=CN=CC2)C(=O)C(=C2C=CN=CC2)C1. The first-order chi connectivity index (χ1) is 9.75. The van der Waals surface area contributed by atoms with Crippen LogP contribution in [0.5, 0.6) is 0 Å². The Bertz CT molecular complexity index is 566. The number of piperidine rings is 1. The Balaban J connectivity index is 2.00. The predicted octanol–water partition coefficient (Wildman–Crippen LogP) is 2.07. The molecule has 4 nitrogen and oxygen atoms in total. The number of carbonyl (C=O) groups is 1. The molecular weight excluding hydrogens is 250 g/mol. The summed E-state index contributed by atoms with van der Waals surface area (Å²) in [6, 6.07) is 0. The van der Waals surface area contributed by atoms with E-state index in [2.05, 4.69) is 21.9 Å². The first-order valence-corrected chi connectivity index (χ1v) is 6.79. The van der Waals surface area contributed by atoms with Crippen LogP contribution in [-0.4, -0.2) is 43.2 Å². The normalized spacial score (nSPS) is 30.4. The number of likely N-dealkylation sites (N-methyl/N-ethyl adjacent to an activating group) is 1. The van der Waals surface area contributed by atoms with Gasteiger partial charge in [0.1, 0.15) is 0 Å². The van der Waals surface area contributed by atoms with Crippen molar-refractivity contribution in [2.45, 2.75) is 12.8 Å². The lowest BCUT2D eigenvalue weighted by atomic mass is 9.88. The van der Waals surface area contributed by atoms with Crippen molar-refractivity contribution in [3.8, 4) is 0 Å². The molecule has 3 aliphatic rings. The first-order valence-electron chi connectivity index (χ1n) is 6.79. The summed E-state index contributed by atoms with van der Waals surface area (Å²) in [6.07, 6.45) is 12.6. The van der Waals surface area contributed by atoms with Crippen LogP contribution < -0.4 is 0 Å². The third-order valence-electron chi connectivity index (χ3n) is 3.74. The monoisotopic (exact) mass is 267 g/mol. The Kier molecular flexibility index (Phi) is 3.56. The minimum Gasteiger partial charge on any atom is -0.298 e. The van der Waals surface area contributed by atoms with E-state index in [1.807, 2.05) is 24.6 Å². The molecule has 1 fully saturated rings. The Morgan fingerprint density at radius 2 is 1.45 bits per heavy atom. The second-order valence-corrected chi connectivity index (χ2v) is 5.21. The molecule has 0 bridgehead atoms. The average molecular weight is 267 g/mol. The van der Waals surface area contributed by atoms with Gasteiger partial charge in [-0.15, -0.1) is 0 Å². The summed E-state index contributed by atoms with van der Waals surface area (Å²) < 4.78 is 0. The summed E-state index contributed by atoms with van der Waals surface area (Å²) in [5.41, 5.74) is 3.98. The van der Waals surface area contributed by atoms with Gasteiger partial charge >= 0.3 is 0 Å². The van der Waals surface area contributed by atoms with Gasteiger partial charge in [-0.1, -0.05) is 0 Å². The van der Waals surface area contributed by atoms with E-state index in [-0.39, 0.29) is 5.78 Å². The zero-order chi connectivity index (χ0) is 13.9. The number of nitrogens with zero attached hydrogens (tertiary/aromatic N) is 3. The molecule has 0 aromatic rings. The van der Waals surface area contributed by atoms with Crippen LogP contribution >= 0.6 is 0 Å². The Hall–Kier alpha value is -2.07. The van der Waals surface area contributed by atoms with E-state index in [4.69, 9.17) is 0 Å². The summed E-state index contributed by atoms with van der Waals surface area (Å²) in [4.78, 5) is 23.1. The highest BCUT2D eigenvalue weighted by atomic mass is 16.1. The van der Waals surface area contributed by atoms with Crippen molar-refractivity contribution in [2.75, 3.05) is 20.1 Å². The highest BCUT2D eigenvalue weighted by Crippen LogP contribution is 2.26. The summed E-state index contributed by atoms with van der Waals surface area (Å²) in [5.74, 6) is 0.188. The fourth-order valence-electron chi connectivity index (χ4n) is 2.69. The number of hydrogen-bond donors (Lipinski definition) is 0. The Morgan fingerprint density at radius 3 is 1.85 bits per heavy atom. The van der Waals surface area contributed by atoms with Gasteiger partial charge in [-0.25, -0.2) is 0 Å². The molecule has 0 amide bonds. The minimum atomic E-state index is 0.188. The number of Topliss-reactive ketones (excluding diaryl/α,β-unsaturated/α-hetero) is 1. The maximum absolute atomic E-state index is 12.8. The van der Waals surface area contributed by atoms with Gasteiger partial charge in [0.05, 0.1) is 0 Å². The molecule has 0 saturated carbocycles. The largest absolute Gasteiger partial charge is 0.298 e. The van der Waals surface area contributed by atoms with E-state index in [1.54, 1.807) is 12.4 Å². The lowest BCUT2D eigenvalue weighted by Gasteiger charge is -2.29. The van der Waals surface area contributed by atoms with E-state index in [0.29, 0.717) is 13.1 Å². The molecule has 0 atom stereocenters. The summed E-state index contributed by atoms with van der Waals surface area (Å²) in [7, 11) is 2.05. The molecule has 0 aromatic heterocycles. The van der Waals surface area contributed by atoms with Crippen molar-refractivity contribution in [3.63, 3.8) is 0 Å². The second kappa shape index (κ2) is 5.51. The zero-order valence-electron chi connectivity index (χ0n) is 11.5. The van der Waals surface area contributed by atoms with Gasteiger partial charge < -0.3 is 0 Å². The van der Waals surface area contributed by atoms with Crippen molar-refractivity contribution < 1.29 is 4.79 Å². The van der Waals surface area contributed by atoms with Gasteiger partial charge in [0.25, 0.3) is 0 Å². The molecule has 3 rings (SSSR count). The fraction of sp³-hybridized carbons (Fsp3) is 0.312. The van der Waals surface area contributed by atoms with Crippen molar-refractivity contribution in [1.82, 2.24) is 4.90 Å². The van der Waals surface area contributed by atoms with E-state index in [0.717, 1.165) is 35.1 Å². The van der Waals surface area contributed by atoms with Gasteiger partial charge in [0, 0.05) is 61.9 Å². The number of allylic oxidation sites excluding steroid dienone is 4. The van der Waals surface area contributed by atoms with Crippen LogP contribution in [-0.2, 0) is 4.79 Å². The van der Waals surface area contributed by atoms with Crippen LogP contribution in [0.2, 0.25) is 0 Å². The van der Waals surface area contributed by atoms with E-state index in [1.165, 1.54) is 0 Å². The average Bonchev–Trinajstić information content (AvgIpc) is 2.51. The van der Waals surface area contributed by atoms with E-state index < -0.39 is 0 Å². The maximum Gasteiger partial charge on any atom is 0.188 e. The number of rotatable bonds is 0. The van der Waals surface area contributed by atoms with Crippen LogP contribution in [0.25, 0.3) is 0 Å². The molecule has 1 saturated heterocycles. The summed E-state index contributed by atoms with van der Waals surface area (Å²) >= 11 is 0. The summed E-state index contributed by atoms with van der Waals surface area (Å²) in [5, 5.41) is 0. The standard InChI is InChI=1S/C16H17N3O/c1-19-10-14(12-2-6-17-7-3-12)16(20)15(11-19)13-4-8-18-9-5-13/h2,4,6-9H,3,5,10-11H2,1H3. The van der Waals surface area contributed by atoms with Crippen LogP contribution in [0.4, 0.5) is 0 Å². The molecule has 102 valence electrons. The Morgan fingerprint density at radius 1 is 0.950 bits per heavy atom. The molecule has 20 heavy (non-hydrogen) atoms. The maximum atomic E-state index is 12.8. The number of likely N-dealkylation sites (tertiary alicyclic amines) is 1. The van der Waals surface area contributed by atoms with Crippen LogP contribution in [0.1, 0.15) is 12.8 Å². The molecule has 3 aliphatic heterocycles. The first kappa shape index (κ1) is 12.9. The van der Waals surface area contributed by atoms with Crippen LogP contribution in [0.3, 0.4) is 0 Å². The second-order valence-electron chi connectivity index (χ2n) is 5.21. The van der Waals surface area contributed by atoms with Gasteiger partial charge in [-0.05, 0) is 30.3 Å². The summed E-state index contributed by atoms with van der Waals surface area (Å²) in [6.45, 7) is 1.42. The van der Waals surface area contributed by atoms with Gasteiger partial charge in [0.15, 0.2) is 5.78 Å². The molecule has 0 radical (unpaired) electrons. The van der Waals surface area contributed by atoms with E-state index in [9.17, 15) is 4.79 Å². The number of hydrogen-bond acceptors (Lipinski definition) is 4. The molecule has 4 heteroatoms. The highest BCUT2D eigenvalue weighted by Gasteiger charge is 2.28. The van der Waals surface area contributed by atoms with Gasteiger partial charge in [-0.2, -0.15) is 0 Å². The number of aliphatic imine (C=N–C) groups is 2. The van der Waals surface area contributed by atoms with Crippen molar-refractivity contribution >= 4 is 18.2 Å². The van der Waals surface area contributed by atoms with Crippen molar-refractivity contribution in [3.05, 3.63) is 46.8 Å². The topological polar surface area (TPSA) is 45.0 Å². The fourth-order valence-corrected chi connectivity index (χ4v) is 2.69. The van der Waals surface area contributed by atoms with Gasteiger partial charge in [0.2, 0.25) is 0 Å². The molecule has 0 aliphatic carbocycles. The number of carbonyl (C=O) groups excluding carboxylic acids is 1. The highest BCUT2D eigenvalue weighted by molar-refractivity contribution is 6.11. The predicted molar refractivity (Wildman–Crippen MR) is 81.1 cm³/mol. The van der Waals surface area contributed by atoms with Crippen LogP contribution in [0, 0.1) is 0 Å². The lowest BCUT2D eigenvalue weighted by Crippen LogP contribution is -2.36. The van der Waals surface area contributed by atoms with Crippen LogP contribution in [0.15, 0.2) is 56.8 Å². The third-order valence-corrected chi connectivity index (χ3v) is 3.74. The Labute approximate surface area is 118 Å². The molecule has 3 heterocycles. The molecule has 0 unspecified atom stereocenters. The smallest absolute Gasteiger partial charge is 0.188 e. The van der Waals surface area contributed by atoms with E-state index >= 15 is 0 Å². The third kappa shape index (κ3) is 2.47.